The molecule has 0 amide bonds. The molecule has 0 aromatic rings. The van der Waals surface area contributed by atoms with Crippen LogP contribution in [-0.4, -0.2) is 35.9 Å². The summed E-state index contributed by atoms with van der Waals surface area (Å²) in [7, 11) is 0. The van der Waals surface area contributed by atoms with Crippen LogP contribution in [0.3, 0.4) is 0 Å². The molecule has 0 aliphatic carbocycles. The van der Waals surface area contributed by atoms with Crippen LogP contribution in [0.5, 0.6) is 0 Å². The lowest BCUT2D eigenvalue weighted by Crippen LogP contribution is -2.24. The van der Waals surface area contributed by atoms with E-state index in [1.165, 1.54) is 0 Å². The fourth-order valence-corrected chi connectivity index (χ4v) is 2.40. The van der Waals surface area contributed by atoms with E-state index in [2.05, 4.69) is 20.8 Å². The number of hydrogen-bond donors (Lipinski definition) is 0. The number of rotatable bonds is 9. The summed E-state index contributed by atoms with van der Waals surface area (Å²) in [5.41, 5.74) is 0. The lowest BCUT2D eigenvalue weighted by Gasteiger charge is -2.21. The molecule has 96 valence electrons. The molecule has 0 aromatic heterocycles. The van der Waals surface area contributed by atoms with Gasteiger partial charge in [0.25, 0.3) is 0 Å². The van der Waals surface area contributed by atoms with Gasteiger partial charge in [-0.1, -0.05) is 33.0 Å². The summed E-state index contributed by atoms with van der Waals surface area (Å²) in [6, 6.07) is 0. The van der Waals surface area contributed by atoms with Gasteiger partial charge < -0.3 is 9.47 Å². The highest BCUT2D eigenvalue weighted by atomic mass is 32.2. The molecular formula is C12H24O2S2. The largest absolute Gasteiger partial charge is 0.379 e. The molecule has 0 aliphatic heterocycles. The maximum absolute atomic E-state index is 5.80. The maximum Gasteiger partial charge on any atom is 0.0704 e. The molecule has 1 atom stereocenters. The second kappa shape index (κ2) is 10.5. The summed E-state index contributed by atoms with van der Waals surface area (Å²) < 4.78 is 12.1. The van der Waals surface area contributed by atoms with Crippen LogP contribution < -0.4 is 0 Å². The zero-order valence-electron chi connectivity index (χ0n) is 10.8. The summed E-state index contributed by atoms with van der Waals surface area (Å²) in [6.45, 7) is 10.5. The summed E-state index contributed by atoms with van der Waals surface area (Å²) in [5.74, 6) is 1.54. The Hall–Kier alpha value is 0.360. The molecule has 0 fully saturated rings. The minimum Gasteiger partial charge on any atom is -0.379 e. The number of hydrogen-bond acceptors (Lipinski definition) is 4. The summed E-state index contributed by atoms with van der Waals surface area (Å²) >= 11 is 7.04. The molecule has 0 spiro atoms. The van der Waals surface area contributed by atoms with Crippen LogP contribution in [0.25, 0.3) is 0 Å². The van der Waals surface area contributed by atoms with Crippen molar-refractivity contribution in [2.45, 2.75) is 40.2 Å². The third kappa shape index (κ3) is 8.50. The molecule has 0 N–H and O–H groups in total. The van der Waals surface area contributed by atoms with Gasteiger partial charge in [0, 0.05) is 13.0 Å². The van der Waals surface area contributed by atoms with Gasteiger partial charge in [-0.2, -0.15) is 0 Å². The van der Waals surface area contributed by atoms with Gasteiger partial charge in [-0.25, -0.2) is 0 Å². The highest BCUT2D eigenvalue weighted by Crippen LogP contribution is 2.17. The van der Waals surface area contributed by atoms with Gasteiger partial charge in [0.2, 0.25) is 0 Å². The van der Waals surface area contributed by atoms with Crippen molar-refractivity contribution in [1.82, 2.24) is 0 Å². The van der Waals surface area contributed by atoms with Crippen molar-refractivity contribution in [3.8, 4) is 0 Å². The Morgan fingerprint density at radius 2 is 1.94 bits per heavy atom. The first-order valence-electron chi connectivity index (χ1n) is 5.96. The minimum absolute atomic E-state index is 0.229. The Kier molecular flexibility index (Phi) is 10.7. The highest BCUT2D eigenvalue weighted by molar-refractivity contribution is 8.23. The van der Waals surface area contributed by atoms with Crippen molar-refractivity contribution in [3.05, 3.63) is 0 Å². The Morgan fingerprint density at radius 3 is 2.44 bits per heavy atom. The molecule has 0 aliphatic rings. The lowest BCUT2D eigenvalue weighted by molar-refractivity contribution is -0.00859. The third-order valence-electron chi connectivity index (χ3n) is 2.18. The molecule has 0 bridgehead atoms. The average molecular weight is 264 g/mol. The lowest BCUT2D eigenvalue weighted by atomic mass is 10.1. The number of thiocarbonyl (C=S) groups is 1. The van der Waals surface area contributed by atoms with Gasteiger partial charge in [-0.15, -0.1) is 11.8 Å². The standard InChI is InChI=1S/C12H24O2S2/c1-5-13-7-8-14-11(10(3)4)9-12(15)16-6-2/h10-11H,5-9H2,1-4H3. The van der Waals surface area contributed by atoms with E-state index in [1.807, 2.05) is 6.92 Å². The van der Waals surface area contributed by atoms with Crippen LogP contribution in [-0.2, 0) is 9.47 Å². The Morgan fingerprint density at radius 1 is 1.25 bits per heavy atom. The molecule has 0 heterocycles. The summed E-state index contributed by atoms with van der Waals surface area (Å²) in [4.78, 5) is 0. The van der Waals surface area contributed by atoms with E-state index in [0.717, 1.165) is 23.0 Å². The van der Waals surface area contributed by atoms with Crippen LogP contribution in [0.4, 0.5) is 0 Å². The third-order valence-corrected chi connectivity index (χ3v) is 3.48. The zero-order valence-corrected chi connectivity index (χ0v) is 12.5. The predicted octanol–water partition coefficient (Wildman–Crippen LogP) is 3.53. The van der Waals surface area contributed by atoms with Crippen molar-refractivity contribution in [2.75, 3.05) is 25.6 Å². The van der Waals surface area contributed by atoms with E-state index in [1.54, 1.807) is 11.8 Å². The van der Waals surface area contributed by atoms with E-state index in [9.17, 15) is 0 Å². The van der Waals surface area contributed by atoms with Gasteiger partial charge in [-0.05, 0) is 18.6 Å². The maximum atomic E-state index is 5.80. The van der Waals surface area contributed by atoms with Crippen LogP contribution in [0.15, 0.2) is 0 Å². The van der Waals surface area contributed by atoms with Crippen LogP contribution in [0.2, 0.25) is 0 Å². The van der Waals surface area contributed by atoms with E-state index < -0.39 is 0 Å². The molecule has 0 saturated carbocycles. The average Bonchev–Trinajstić information content (AvgIpc) is 2.22. The first-order valence-corrected chi connectivity index (χ1v) is 7.36. The van der Waals surface area contributed by atoms with Crippen molar-refractivity contribution in [3.63, 3.8) is 0 Å². The van der Waals surface area contributed by atoms with Crippen molar-refractivity contribution < 1.29 is 9.47 Å². The molecule has 0 radical (unpaired) electrons. The SMILES string of the molecule is CCOCCOC(CC(=S)SCC)C(C)C. The van der Waals surface area contributed by atoms with Crippen molar-refractivity contribution in [1.29, 1.82) is 0 Å². The molecule has 4 heteroatoms. The van der Waals surface area contributed by atoms with Gasteiger partial charge in [0.1, 0.15) is 0 Å². The molecule has 2 nitrogen and oxygen atoms in total. The summed E-state index contributed by atoms with van der Waals surface area (Å²) in [5, 5.41) is 0. The van der Waals surface area contributed by atoms with Crippen LogP contribution in [0.1, 0.15) is 34.1 Å². The molecule has 0 rings (SSSR count). The second-order valence-electron chi connectivity index (χ2n) is 3.86. The first-order chi connectivity index (χ1) is 7.61. The van der Waals surface area contributed by atoms with Gasteiger partial charge in [0.15, 0.2) is 0 Å². The van der Waals surface area contributed by atoms with E-state index >= 15 is 0 Å². The van der Waals surface area contributed by atoms with Crippen LogP contribution >= 0.6 is 24.0 Å². The molecule has 0 aromatic carbocycles. The number of ether oxygens (including phenoxy) is 2. The smallest absolute Gasteiger partial charge is 0.0704 e. The Balaban J connectivity index is 3.83. The van der Waals surface area contributed by atoms with Gasteiger partial charge in [-0.3, -0.25) is 0 Å². The minimum atomic E-state index is 0.229. The molecule has 16 heavy (non-hydrogen) atoms. The first kappa shape index (κ1) is 16.4. The molecular weight excluding hydrogens is 240 g/mol. The van der Waals surface area contributed by atoms with Crippen LogP contribution in [0, 0.1) is 5.92 Å². The quantitative estimate of drug-likeness (QED) is 0.468. The van der Waals surface area contributed by atoms with Gasteiger partial charge >= 0.3 is 0 Å². The highest BCUT2D eigenvalue weighted by Gasteiger charge is 2.15. The van der Waals surface area contributed by atoms with E-state index in [0.29, 0.717) is 19.1 Å². The van der Waals surface area contributed by atoms with Gasteiger partial charge in [0.05, 0.1) is 23.5 Å². The topological polar surface area (TPSA) is 18.5 Å². The predicted molar refractivity (Wildman–Crippen MR) is 76.4 cm³/mol. The fourth-order valence-electron chi connectivity index (χ4n) is 1.27. The van der Waals surface area contributed by atoms with Crippen molar-refractivity contribution >= 4 is 28.2 Å². The zero-order chi connectivity index (χ0) is 12.4. The van der Waals surface area contributed by atoms with E-state index in [-0.39, 0.29) is 6.10 Å². The fraction of sp³-hybridized carbons (Fsp3) is 0.917. The Labute approximate surface area is 109 Å². The number of thioether (sulfide) groups is 1. The van der Waals surface area contributed by atoms with E-state index in [4.69, 9.17) is 21.7 Å². The second-order valence-corrected chi connectivity index (χ2v) is 5.97. The molecule has 1 unspecified atom stereocenters. The normalized spacial score (nSPS) is 13.1. The summed E-state index contributed by atoms with van der Waals surface area (Å²) in [6.07, 6.45) is 1.10. The Bertz CT molecular complexity index is 184. The monoisotopic (exact) mass is 264 g/mol. The molecule has 0 saturated heterocycles. The van der Waals surface area contributed by atoms with Crippen molar-refractivity contribution in [2.24, 2.45) is 5.92 Å².